The van der Waals surface area contributed by atoms with E-state index in [1.165, 1.54) is 0 Å². The molecule has 13 heavy (non-hydrogen) atoms. The molecule has 0 aliphatic carbocycles. The summed E-state index contributed by atoms with van der Waals surface area (Å²) in [4.78, 5) is 3.99. The van der Waals surface area contributed by atoms with Crippen molar-refractivity contribution in [2.24, 2.45) is 0 Å². The van der Waals surface area contributed by atoms with Gasteiger partial charge in [0.15, 0.2) is 6.07 Å². The van der Waals surface area contributed by atoms with Gasteiger partial charge in [-0.3, -0.25) is 0 Å². The Bertz CT molecular complexity index is 268. The Morgan fingerprint density at radius 1 is 1.54 bits per heavy atom. The predicted molar refractivity (Wildman–Crippen MR) is 54.1 cm³/mol. The topological polar surface area (TPSA) is 31.4 Å². The first-order chi connectivity index (χ1) is 5.79. The Morgan fingerprint density at radius 3 is 2.77 bits per heavy atom. The van der Waals surface area contributed by atoms with Crippen molar-refractivity contribution in [2.75, 3.05) is 13.2 Å². The fourth-order valence-electron chi connectivity index (χ4n) is 0.918. The first-order valence-corrected chi connectivity index (χ1v) is 4.01. The van der Waals surface area contributed by atoms with Gasteiger partial charge in [0, 0.05) is 6.20 Å². The van der Waals surface area contributed by atoms with Crippen molar-refractivity contribution in [2.45, 2.75) is 6.92 Å². The molecule has 1 rings (SSSR count). The van der Waals surface area contributed by atoms with Gasteiger partial charge in [-0.1, -0.05) is 11.6 Å². The van der Waals surface area contributed by atoms with Crippen LogP contribution in [-0.2, 0) is 0 Å². The van der Waals surface area contributed by atoms with Gasteiger partial charge < -0.3 is 9.47 Å². The number of nitrogens with zero attached hydrogens (tertiary/aromatic N) is 1. The number of ether oxygens (including phenoxy) is 2. The van der Waals surface area contributed by atoms with E-state index in [1.54, 1.807) is 19.4 Å². The minimum atomic E-state index is 0. The maximum Gasteiger partial charge on any atom is 0.221 e. The maximum atomic E-state index is 5.40. The second-order valence-electron chi connectivity index (χ2n) is 2.20. The summed E-state index contributed by atoms with van der Waals surface area (Å²) in [5.41, 5.74) is 0.862. The number of hydrogen-bond donors (Lipinski definition) is 0. The quantitative estimate of drug-likeness (QED) is 0.738. The molecule has 1 aromatic heterocycles. The minimum Gasteiger partial charge on any atom is -0.496 e. The smallest absolute Gasteiger partial charge is 0.221 e. The molecule has 0 atom stereocenters. The summed E-state index contributed by atoms with van der Waals surface area (Å²) in [6.07, 6.45) is 1.62. The lowest BCUT2D eigenvalue weighted by Crippen LogP contribution is -1.97. The van der Waals surface area contributed by atoms with Crippen LogP contribution in [0.4, 0.5) is 0 Å². The third-order valence-electron chi connectivity index (χ3n) is 1.52. The number of halogens is 2. The second-order valence-corrected chi connectivity index (χ2v) is 2.42. The van der Waals surface area contributed by atoms with Crippen molar-refractivity contribution < 1.29 is 9.47 Å². The second kappa shape index (κ2) is 5.89. The molecule has 5 heteroatoms. The highest BCUT2D eigenvalue weighted by Crippen LogP contribution is 2.24. The Labute approximate surface area is 88.4 Å². The third-order valence-corrected chi connectivity index (χ3v) is 1.63. The zero-order chi connectivity index (χ0) is 8.97. The average Bonchev–Trinajstić information content (AvgIpc) is 2.09. The molecule has 74 valence electrons. The number of alkyl halides is 1. The Morgan fingerprint density at radius 2 is 2.23 bits per heavy atom. The summed E-state index contributed by atoms with van der Waals surface area (Å²) in [7, 11) is 1.60. The van der Waals surface area contributed by atoms with Gasteiger partial charge in [0.2, 0.25) is 5.88 Å². The van der Waals surface area contributed by atoms with Crippen molar-refractivity contribution in [3.8, 4) is 11.6 Å². The molecule has 0 bridgehead atoms. The summed E-state index contributed by atoms with van der Waals surface area (Å²) in [5.74, 6) is 1.27. The zero-order valence-corrected chi connectivity index (χ0v) is 8.98. The van der Waals surface area contributed by atoms with Gasteiger partial charge in [-0.15, -0.1) is 12.4 Å². The van der Waals surface area contributed by atoms with E-state index in [4.69, 9.17) is 21.1 Å². The van der Waals surface area contributed by atoms with Gasteiger partial charge in [0.1, 0.15) is 5.75 Å². The first-order valence-electron chi connectivity index (χ1n) is 3.48. The predicted octanol–water partition coefficient (Wildman–Crippen LogP) is 2.40. The van der Waals surface area contributed by atoms with Gasteiger partial charge in [-0.2, -0.15) is 0 Å². The van der Waals surface area contributed by atoms with E-state index in [9.17, 15) is 0 Å². The molecule has 0 aliphatic rings. The summed E-state index contributed by atoms with van der Waals surface area (Å²) < 4.78 is 10.1. The van der Waals surface area contributed by atoms with E-state index in [1.807, 2.05) is 6.92 Å². The van der Waals surface area contributed by atoms with Gasteiger partial charge in [0.25, 0.3) is 0 Å². The molecule has 1 heterocycles. The summed E-state index contributed by atoms with van der Waals surface area (Å²) in [6.45, 7) is 1.87. The lowest BCUT2D eigenvalue weighted by atomic mass is 10.3. The van der Waals surface area contributed by atoms with Crippen LogP contribution in [0, 0.1) is 6.92 Å². The van der Waals surface area contributed by atoms with Crippen molar-refractivity contribution in [3.63, 3.8) is 0 Å². The molecular formula is C8H11Cl2NO2. The molecule has 0 saturated heterocycles. The average molecular weight is 224 g/mol. The van der Waals surface area contributed by atoms with Crippen LogP contribution in [0.2, 0.25) is 0 Å². The standard InChI is InChI=1S/C8H10ClNO2.ClH/c1-6-7(11-2)3-4-10-8(6)12-5-9;/h3-4H,5H2,1-2H3;1H. The lowest BCUT2D eigenvalue weighted by molar-refractivity contribution is 0.358. The van der Waals surface area contributed by atoms with Crippen LogP contribution in [0.25, 0.3) is 0 Å². The molecule has 0 aromatic carbocycles. The highest BCUT2D eigenvalue weighted by atomic mass is 35.5. The van der Waals surface area contributed by atoms with Crippen LogP contribution in [0.3, 0.4) is 0 Å². The molecule has 0 N–H and O–H groups in total. The summed E-state index contributed by atoms with van der Waals surface area (Å²) in [6, 6.07) is 1.87. The third kappa shape index (κ3) is 2.94. The van der Waals surface area contributed by atoms with Gasteiger partial charge >= 0.3 is 0 Å². The van der Waals surface area contributed by atoms with Crippen molar-refractivity contribution in [1.29, 1.82) is 0 Å². The maximum absolute atomic E-state index is 5.40. The van der Waals surface area contributed by atoms with E-state index in [0.29, 0.717) is 5.88 Å². The van der Waals surface area contributed by atoms with Crippen LogP contribution in [0.15, 0.2) is 12.3 Å². The minimum absolute atomic E-state index is 0. The van der Waals surface area contributed by atoms with E-state index in [-0.39, 0.29) is 18.5 Å². The monoisotopic (exact) mass is 223 g/mol. The van der Waals surface area contributed by atoms with E-state index in [2.05, 4.69) is 4.98 Å². The molecule has 0 fully saturated rings. The zero-order valence-electron chi connectivity index (χ0n) is 7.41. The molecule has 0 spiro atoms. The normalized spacial score (nSPS) is 8.85. The number of methoxy groups -OCH3 is 1. The molecule has 0 radical (unpaired) electrons. The highest BCUT2D eigenvalue weighted by Gasteiger charge is 2.05. The Kier molecular flexibility index (Phi) is 5.58. The van der Waals surface area contributed by atoms with Crippen LogP contribution < -0.4 is 9.47 Å². The number of pyridine rings is 1. The van der Waals surface area contributed by atoms with Gasteiger partial charge in [-0.05, 0) is 13.0 Å². The van der Waals surface area contributed by atoms with E-state index in [0.717, 1.165) is 11.3 Å². The van der Waals surface area contributed by atoms with Crippen LogP contribution in [0.1, 0.15) is 5.56 Å². The number of hydrogen-bond acceptors (Lipinski definition) is 3. The lowest BCUT2D eigenvalue weighted by Gasteiger charge is -2.07. The molecular weight excluding hydrogens is 213 g/mol. The van der Waals surface area contributed by atoms with Crippen LogP contribution in [-0.4, -0.2) is 18.2 Å². The van der Waals surface area contributed by atoms with E-state index >= 15 is 0 Å². The molecule has 1 aromatic rings. The SMILES string of the molecule is COc1ccnc(OCCl)c1C.Cl. The fourth-order valence-corrected chi connectivity index (χ4v) is 1.02. The van der Waals surface area contributed by atoms with E-state index < -0.39 is 0 Å². The molecule has 3 nitrogen and oxygen atoms in total. The Balaban J connectivity index is 0.00000144. The summed E-state index contributed by atoms with van der Waals surface area (Å²) >= 11 is 5.40. The highest BCUT2D eigenvalue weighted by molar-refractivity contribution is 6.17. The molecule has 0 aliphatic heterocycles. The van der Waals surface area contributed by atoms with Gasteiger partial charge in [-0.25, -0.2) is 4.98 Å². The molecule has 0 amide bonds. The number of rotatable bonds is 3. The van der Waals surface area contributed by atoms with Crippen molar-refractivity contribution in [1.82, 2.24) is 4.98 Å². The van der Waals surface area contributed by atoms with Crippen LogP contribution in [0.5, 0.6) is 11.6 Å². The van der Waals surface area contributed by atoms with Crippen molar-refractivity contribution in [3.05, 3.63) is 17.8 Å². The van der Waals surface area contributed by atoms with Gasteiger partial charge in [0.05, 0.1) is 12.7 Å². The largest absolute Gasteiger partial charge is 0.496 e. The fraction of sp³-hybridized carbons (Fsp3) is 0.375. The Hall–Kier alpha value is -0.670. The molecule has 0 unspecified atom stereocenters. The van der Waals surface area contributed by atoms with Crippen molar-refractivity contribution >= 4 is 24.0 Å². The first kappa shape index (κ1) is 12.3. The molecule has 0 saturated carbocycles. The summed E-state index contributed by atoms with van der Waals surface area (Å²) in [5, 5.41) is 0. The number of aromatic nitrogens is 1. The van der Waals surface area contributed by atoms with Crippen LogP contribution >= 0.6 is 24.0 Å².